The highest BCUT2D eigenvalue weighted by molar-refractivity contribution is 5.80. The van der Waals surface area contributed by atoms with Gasteiger partial charge in [0, 0.05) is 0 Å². The summed E-state index contributed by atoms with van der Waals surface area (Å²) in [6.45, 7) is 4.15. The number of hydrogen-bond donors (Lipinski definition) is 4. The molecule has 4 N–H and O–H groups in total. The van der Waals surface area contributed by atoms with Crippen LogP contribution in [-0.2, 0) is 4.79 Å². The van der Waals surface area contributed by atoms with Crippen LogP contribution in [0.15, 0.2) is 48.6 Å². The number of allylic oxidation sites excluding steroid dienone is 7. The Morgan fingerprint density at radius 2 is 0.788 bits per heavy atom. The van der Waals surface area contributed by atoms with Gasteiger partial charge in [-0.15, -0.1) is 0 Å². The van der Waals surface area contributed by atoms with E-state index >= 15 is 0 Å². The highest BCUT2D eigenvalue weighted by Gasteiger charge is 2.22. The van der Waals surface area contributed by atoms with Gasteiger partial charge in [0.15, 0.2) is 0 Å². The number of rotatable bonds is 40. The van der Waals surface area contributed by atoms with Gasteiger partial charge in [-0.05, 0) is 70.6 Å². The molecule has 0 aromatic rings. The van der Waals surface area contributed by atoms with E-state index in [1.807, 2.05) is 6.08 Å². The van der Waals surface area contributed by atoms with E-state index in [-0.39, 0.29) is 6.61 Å². The number of aliphatic hydroxyl groups excluding tert-OH is 3. The van der Waals surface area contributed by atoms with Gasteiger partial charge < -0.3 is 20.6 Å². The van der Waals surface area contributed by atoms with Crippen molar-refractivity contribution in [2.45, 2.75) is 238 Å². The van der Waals surface area contributed by atoms with Crippen LogP contribution in [0.25, 0.3) is 0 Å². The third-order valence-corrected chi connectivity index (χ3v) is 10.1. The van der Waals surface area contributed by atoms with Crippen LogP contribution in [0.5, 0.6) is 0 Å². The maximum atomic E-state index is 12.5. The highest BCUT2D eigenvalue weighted by atomic mass is 16.3. The van der Waals surface area contributed by atoms with E-state index in [1.54, 1.807) is 6.08 Å². The first-order valence-electron chi connectivity index (χ1n) is 22.5. The molecule has 0 aliphatic carbocycles. The number of amides is 1. The Balaban J connectivity index is 3.71. The van der Waals surface area contributed by atoms with Crippen LogP contribution in [0.3, 0.4) is 0 Å². The third kappa shape index (κ3) is 36.7. The van der Waals surface area contributed by atoms with Gasteiger partial charge >= 0.3 is 0 Å². The maximum Gasteiger partial charge on any atom is 0.249 e. The standard InChI is InChI=1S/C47H87NO4/c1-3-5-7-9-11-13-15-17-19-20-21-22-23-24-25-26-28-30-32-34-36-38-40-42-46(51)47(52)48-44(43-49)45(50)41-39-37-35-33-31-29-27-18-16-14-12-10-8-6-4-2/h16,18,24-25,31,33,39,41,44-46,49-51H,3-15,17,19-23,26-30,32,34-38,40,42-43H2,1-2H3,(H,48,52)/b18-16+,25-24-,33-31+,41-39+. The minimum absolute atomic E-state index is 0.384. The predicted octanol–water partition coefficient (Wildman–Crippen LogP) is 12.9. The molecule has 0 rings (SSSR count). The van der Waals surface area contributed by atoms with Crippen molar-refractivity contribution in [3.05, 3.63) is 48.6 Å². The number of nitrogens with one attached hydrogen (secondary N) is 1. The molecule has 0 fully saturated rings. The van der Waals surface area contributed by atoms with Gasteiger partial charge in [0.2, 0.25) is 5.91 Å². The number of hydrogen-bond acceptors (Lipinski definition) is 4. The number of aliphatic hydroxyl groups is 3. The molecule has 5 heteroatoms. The van der Waals surface area contributed by atoms with Crippen molar-refractivity contribution < 1.29 is 20.1 Å². The maximum absolute atomic E-state index is 12.5. The van der Waals surface area contributed by atoms with E-state index in [1.165, 1.54) is 154 Å². The highest BCUT2D eigenvalue weighted by Crippen LogP contribution is 2.14. The molecule has 0 radical (unpaired) electrons. The van der Waals surface area contributed by atoms with Gasteiger partial charge in [-0.25, -0.2) is 0 Å². The lowest BCUT2D eigenvalue weighted by molar-refractivity contribution is -0.131. The number of unbranched alkanes of at least 4 members (excludes halogenated alkanes) is 26. The van der Waals surface area contributed by atoms with E-state index in [9.17, 15) is 20.1 Å². The van der Waals surface area contributed by atoms with Crippen LogP contribution >= 0.6 is 0 Å². The van der Waals surface area contributed by atoms with E-state index in [0.29, 0.717) is 6.42 Å². The summed E-state index contributed by atoms with van der Waals surface area (Å²) in [7, 11) is 0. The van der Waals surface area contributed by atoms with Gasteiger partial charge in [0.05, 0.1) is 18.8 Å². The second-order valence-corrected chi connectivity index (χ2v) is 15.2. The number of carbonyl (C=O) groups excluding carboxylic acids is 1. The lowest BCUT2D eigenvalue weighted by Crippen LogP contribution is -2.48. The molecule has 0 saturated heterocycles. The Bertz CT molecular complexity index is 850. The molecule has 0 aliphatic heterocycles. The second kappa shape index (κ2) is 42.1. The zero-order chi connectivity index (χ0) is 38.0. The fourth-order valence-corrected chi connectivity index (χ4v) is 6.56. The summed E-state index contributed by atoms with van der Waals surface area (Å²) in [5, 5.41) is 33.1. The van der Waals surface area contributed by atoms with Gasteiger partial charge in [0.1, 0.15) is 6.10 Å². The molecule has 3 atom stereocenters. The van der Waals surface area contributed by atoms with E-state index < -0.39 is 24.2 Å². The summed E-state index contributed by atoms with van der Waals surface area (Å²) in [5.74, 6) is -0.521. The molecule has 1 amide bonds. The minimum atomic E-state index is -1.11. The molecule has 0 heterocycles. The summed E-state index contributed by atoms with van der Waals surface area (Å²) >= 11 is 0. The van der Waals surface area contributed by atoms with Crippen LogP contribution in [0.1, 0.15) is 219 Å². The Kier molecular flexibility index (Phi) is 40.7. The minimum Gasteiger partial charge on any atom is -0.394 e. The fourth-order valence-electron chi connectivity index (χ4n) is 6.56. The smallest absolute Gasteiger partial charge is 0.249 e. The van der Waals surface area contributed by atoms with Crippen LogP contribution in [0.4, 0.5) is 0 Å². The molecular formula is C47H87NO4. The molecule has 304 valence electrons. The quantitative estimate of drug-likeness (QED) is 0.0373. The van der Waals surface area contributed by atoms with Crippen molar-refractivity contribution >= 4 is 5.91 Å². The Morgan fingerprint density at radius 1 is 0.462 bits per heavy atom. The molecule has 0 aromatic carbocycles. The molecule has 0 aromatic heterocycles. The van der Waals surface area contributed by atoms with Crippen molar-refractivity contribution in [1.29, 1.82) is 0 Å². The summed E-state index contributed by atoms with van der Waals surface area (Å²) in [5.41, 5.74) is 0. The van der Waals surface area contributed by atoms with Crippen molar-refractivity contribution in [3.8, 4) is 0 Å². The molecule has 0 aliphatic rings. The molecule has 0 spiro atoms. The van der Waals surface area contributed by atoms with Crippen LogP contribution < -0.4 is 5.32 Å². The monoisotopic (exact) mass is 730 g/mol. The van der Waals surface area contributed by atoms with Crippen molar-refractivity contribution in [3.63, 3.8) is 0 Å². The Labute approximate surface area is 323 Å². The largest absolute Gasteiger partial charge is 0.394 e. The van der Waals surface area contributed by atoms with Crippen LogP contribution in [-0.4, -0.2) is 46.1 Å². The first-order valence-corrected chi connectivity index (χ1v) is 22.5. The van der Waals surface area contributed by atoms with Crippen molar-refractivity contribution in [2.75, 3.05) is 6.61 Å². The first kappa shape index (κ1) is 50.3. The van der Waals surface area contributed by atoms with Crippen LogP contribution in [0.2, 0.25) is 0 Å². The predicted molar refractivity (Wildman–Crippen MR) is 227 cm³/mol. The van der Waals surface area contributed by atoms with Gasteiger partial charge in [0.25, 0.3) is 0 Å². The Hall–Kier alpha value is -1.69. The normalized spacial score (nSPS) is 14.0. The molecule has 0 bridgehead atoms. The number of carbonyl (C=O) groups is 1. The van der Waals surface area contributed by atoms with Gasteiger partial charge in [-0.3, -0.25) is 4.79 Å². The average Bonchev–Trinajstić information content (AvgIpc) is 3.15. The van der Waals surface area contributed by atoms with Gasteiger partial charge in [-0.2, -0.15) is 0 Å². The molecular weight excluding hydrogens is 643 g/mol. The fraction of sp³-hybridized carbons (Fsp3) is 0.809. The zero-order valence-corrected chi connectivity index (χ0v) is 34.4. The summed E-state index contributed by atoms with van der Waals surface area (Å²) in [6.07, 6.45) is 54.3. The molecule has 5 nitrogen and oxygen atoms in total. The molecule has 3 unspecified atom stereocenters. The van der Waals surface area contributed by atoms with Crippen molar-refractivity contribution in [2.24, 2.45) is 0 Å². The molecule has 52 heavy (non-hydrogen) atoms. The molecule has 0 saturated carbocycles. The van der Waals surface area contributed by atoms with E-state index in [2.05, 4.69) is 55.6 Å². The van der Waals surface area contributed by atoms with Gasteiger partial charge in [-0.1, -0.05) is 197 Å². The summed E-state index contributed by atoms with van der Waals surface area (Å²) < 4.78 is 0. The van der Waals surface area contributed by atoms with E-state index in [4.69, 9.17) is 0 Å². The SMILES string of the molecule is CCCCCCC/C=C/CC/C=C/CC/C=C/C(O)C(CO)NC(=O)C(O)CCCCCCCCC/C=C\CCCCCCCCCCCCCC. The summed E-state index contributed by atoms with van der Waals surface area (Å²) in [4.78, 5) is 12.5. The summed E-state index contributed by atoms with van der Waals surface area (Å²) in [6, 6.07) is -0.823. The average molecular weight is 730 g/mol. The topological polar surface area (TPSA) is 89.8 Å². The Morgan fingerprint density at radius 3 is 1.17 bits per heavy atom. The van der Waals surface area contributed by atoms with Crippen molar-refractivity contribution in [1.82, 2.24) is 5.32 Å². The second-order valence-electron chi connectivity index (χ2n) is 15.2. The first-order chi connectivity index (χ1) is 25.6. The lowest BCUT2D eigenvalue weighted by atomic mass is 10.0. The van der Waals surface area contributed by atoms with E-state index in [0.717, 1.165) is 44.9 Å². The van der Waals surface area contributed by atoms with Crippen LogP contribution in [0, 0.1) is 0 Å². The zero-order valence-electron chi connectivity index (χ0n) is 34.4. The third-order valence-electron chi connectivity index (χ3n) is 10.1. The lowest BCUT2D eigenvalue weighted by Gasteiger charge is -2.21.